The Balaban J connectivity index is 1.51. The third-order valence-corrected chi connectivity index (χ3v) is 9.18. The molecule has 0 aromatic heterocycles. The molecule has 0 radical (unpaired) electrons. The third kappa shape index (κ3) is 8.59. The van der Waals surface area contributed by atoms with Crippen LogP contribution in [0.3, 0.4) is 0 Å². The second kappa shape index (κ2) is 14.9. The minimum Gasteiger partial charge on any atom is -0.494 e. The quantitative estimate of drug-likeness (QED) is 0.308. The molecule has 0 bridgehead atoms. The summed E-state index contributed by atoms with van der Waals surface area (Å²) in [5.74, 6) is 0.305. The number of para-hydroxylation sites is 1. The molecule has 7 heteroatoms. The lowest BCUT2D eigenvalue weighted by Gasteiger charge is -2.30. The van der Waals surface area contributed by atoms with Crippen LogP contribution in [0.15, 0.2) is 83.8 Å². The molecule has 40 heavy (non-hydrogen) atoms. The Morgan fingerprint density at radius 1 is 0.800 bits per heavy atom. The van der Waals surface area contributed by atoms with Crippen molar-refractivity contribution in [3.63, 3.8) is 0 Å². The Hall–Kier alpha value is -3.32. The summed E-state index contributed by atoms with van der Waals surface area (Å²) >= 11 is 0. The van der Waals surface area contributed by atoms with E-state index in [9.17, 15) is 13.2 Å². The number of anilines is 1. The highest BCUT2D eigenvalue weighted by atomic mass is 32.2. The highest BCUT2D eigenvalue weighted by Crippen LogP contribution is 2.26. The lowest BCUT2D eigenvalue weighted by Crippen LogP contribution is -2.34. The van der Waals surface area contributed by atoms with Crippen LogP contribution in [0, 0.1) is 0 Å². The predicted molar refractivity (Wildman–Crippen MR) is 161 cm³/mol. The molecule has 3 aromatic rings. The fourth-order valence-electron chi connectivity index (χ4n) is 5.26. The van der Waals surface area contributed by atoms with E-state index in [1.165, 1.54) is 18.4 Å². The molecule has 1 heterocycles. The number of amides is 1. The second-order valence-electron chi connectivity index (χ2n) is 10.4. The zero-order valence-corrected chi connectivity index (χ0v) is 24.5. The predicted octanol–water partition coefficient (Wildman–Crippen LogP) is 6.64. The average Bonchev–Trinajstić information content (AvgIpc) is 2.98. The molecule has 1 amide bonds. The van der Waals surface area contributed by atoms with Gasteiger partial charge in [-0.15, -0.1) is 0 Å². The summed E-state index contributed by atoms with van der Waals surface area (Å²) in [5.41, 5.74) is 3.50. The number of carbonyl (C=O) groups is 1. The van der Waals surface area contributed by atoms with Gasteiger partial charge in [-0.2, -0.15) is 0 Å². The van der Waals surface area contributed by atoms with Crippen molar-refractivity contribution in [2.75, 3.05) is 30.3 Å². The summed E-state index contributed by atoms with van der Waals surface area (Å²) in [6.45, 7) is 5.28. The number of fused-ring (bicyclic) bond motifs is 1. The van der Waals surface area contributed by atoms with Crippen molar-refractivity contribution in [3.8, 4) is 5.75 Å². The lowest BCUT2D eigenvalue weighted by atomic mass is 10.1. The van der Waals surface area contributed by atoms with E-state index in [1.54, 1.807) is 24.3 Å². The van der Waals surface area contributed by atoms with Crippen molar-refractivity contribution in [3.05, 3.63) is 90.0 Å². The maximum atomic E-state index is 13.5. The van der Waals surface area contributed by atoms with Crippen LogP contribution >= 0.6 is 0 Å². The number of hydrogen-bond donors (Lipinski definition) is 0. The molecule has 0 fully saturated rings. The van der Waals surface area contributed by atoms with Gasteiger partial charge in [-0.1, -0.05) is 74.2 Å². The summed E-state index contributed by atoms with van der Waals surface area (Å²) in [6.07, 6.45) is 6.63. The fraction of sp³-hybridized carbons (Fsp3) is 0.424. The van der Waals surface area contributed by atoms with E-state index in [4.69, 9.17) is 4.74 Å². The van der Waals surface area contributed by atoms with E-state index in [1.807, 2.05) is 24.0 Å². The largest absolute Gasteiger partial charge is 0.494 e. The highest BCUT2D eigenvalue weighted by Gasteiger charge is 2.22. The van der Waals surface area contributed by atoms with E-state index in [0.29, 0.717) is 25.4 Å². The van der Waals surface area contributed by atoms with Crippen LogP contribution in [0.2, 0.25) is 0 Å². The van der Waals surface area contributed by atoms with E-state index in [2.05, 4.69) is 47.4 Å². The van der Waals surface area contributed by atoms with E-state index >= 15 is 0 Å². The molecule has 6 nitrogen and oxygen atoms in total. The normalized spacial score (nSPS) is 15.3. The second-order valence-corrected chi connectivity index (χ2v) is 12.6. The van der Waals surface area contributed by atoms with Crippen molar-refractivity contribution >= 4 is 21.4 Å². The standard InChI is InChI=1S/C33H42N2O4S/c1-2-39-30-18-20-31(21-19-30)40(37,38)25-22-33(36)35-24-13-6-4-3-5-12-23-34(26-28-14-8-7-9-15-28)32-17-11-10-16-29(32)27-35/h7-11,14-21H,2-6,12-13,22-27H2,1H3. The van der Waals surface area contributed by atoms with Crippen molar-refractivity contribution in [2.45, 2.75) is 69.9 Å². The third-order valence-electron chi connectivity index (χ3n) is 7.45. The smallest absolute Gasteiger partial charge is 0.223 e. The average molecular weight is 563 g/mol. The van der Waals surface area contributed by atoms with Gasteiger partial charge < -0.3 is 14.5 Å². The van der Waals surface area contributed by atoms with Crippen LogP contribution in [0.5, 0.6) is 5.75 Å². The molecule has 0 spiro atoms. The summed E-state index contributed by atoms with van der Waals surface area (Å²) in [7, 11) is -3.59. The first-order valence-electron chi connectivity index (χ1n) is 14.6. The number of nitrogens with zero attached hydrogens (tertiary/aromatic N) is 2. The molecule has 0 aliphatic carbocycles. The number of benzene rings is 3. The number of sulfone groups is 1. The first-order chi connectivity index (χ1) is 19.5. The molecule has 3 aromatic carbocycles. The molecular formula is C33H42N2O4S. The van der Waals surface area contributed by atoms with Gasteiger partial charge >= 0.3 is 0 Å². The monoisotopic (exact) mass is 562 g/mol. The highest BCUT2D eigenvalue weighted by molar-refractivity contribution is 7.91. The maximum absolute atomic E-state index is 13.5. The first kappa shape index (κ1) is 29.7. The molecule has 0 N–H and O–H groups in total. The number of carbonyl (C=O) groups excluding carboxylic acids is 1. The van der Waals surface area contributed by atoms with Gasteiger partial charge in [0.15, 0.2) is 9.84 Å². The minimum atomic E-state index is -3.59. The zero-order chi connectivity index (χ0) is 28.2. The summed E-state index contributed by atoms with van der Waals surface area (Å²) in [5, 5.41) is 0. The van der Waals surface area contributed by atoms with Crippen molar-refractivity contribution in [1.29, 1.82) is 0 Å². The molecule has 4 rings (SSSR count). The van der Waals surface area contributed by atoms with E-state index < -0.39 is 9.84 Å². The van der Waals surface area contributed by atoms with Crippen LogP contribution in [0.4, 0.5) is 5.69 Å². The van der Waals surface area contributed by atoms with Crippen molar-refractivity contribution in [2.24, 2.45) is 0 Å². The summed E-state index contributed by atoms with van der Waals surface area (Å²) in [4.78, 5) is 18.0. The Morgan fingerprint density at radius 2 is 1.45 bits per heavy atom. The van der Waals surface area contributed by atoms with Crippen LogP contribution in [-0.4, -0.2) is 44.7 Å². The van der Waals surface area contributed by atoms with Crippen molar-refractivity contribution < 1.29 is 17.9 Å². The molecule has 0 saturated heterocycles. The van der Waals surface area contributed by atoms with Gasteiger partial charge in [0.25, 0.3) is 0 Å². The molecule has 214 valence electrons. The molecule has 0 unspecified atom stereocenters. The summed E-state index contributed by atoms with van der Waals surface area (Å²) < 4.78 is 31.5. The maximum Gasteiger partial charge on any atom is 0.223 e. The van der Waals surface area contributed by atoms with Crippen LogP contribution in [0.25, 0.3) is 0 Å². The van der Waals surface area contributed by atoms with Gasteiger partial charge in [-0.05, 0) is 61.2 Å². The minimum absolute atomic E-state index is 0.0363. The lowest BCUT2D eigenvalue weighted by molar-refractivity contribution is -0.131. The Morgan fingerprint density at radius 3 is 2.17 bits per heavy atom. The SMILES string of the molecule is CCOc1ccc(S(=O)(=O)CCC(=O)N2CCCCCCCCN(Cc3ccccc3)c3ccccc3C2)cc1. The van der Waals surface area contributed by atoms with Crippen LogP contribution < -0.4 is 9.64 Å². The topological polar surface area (TPSA) is 66.9 Å². The van der Waals surface area contributed by atoms with Gasteiger partial charge in [0.1, 0.15) is 5.75 Å². The van der Waals surface area contributed by atoms with Gasteiger partial charge in [-0.3, -0.25) is 4.79 Å². The van der Waals surface area contributed by atoms with E-state index in [-0.39, 0.29) is 23.0 Å². The number of hydrogen-bond acceptors (Lipinski definition) is 5. The number of rotatable bonds is 8. The molecule has 0 atom stereocenters. The Kier molecular flexibility index (Phi) is 11.0. The molecule has 0 saturated carbocycles. The Labute approximate surface area is 239 Å². The van der Waals surface area contributed by atoms with Crippen LogP contribution in [-0.2, 0) is 27.7 Å². The first-order valence-corrected chi connectivity index (χ1v) is 16.2. The molecular weight excluding hydrogens is 520 g/mol. The van der Waals surface area contributed by atoms with Gasteiger partial charge in [-0.25, -0.2) is 8.42 Å². The summed E-state index contributed by atoms with van der Waals surface area (Å²) in [6, 6.07) is 25.3. The van der Waals surface area contributed by atoms with Crippen molar-refractivity contribution in [1.82, 2.24) is 4.90 Å². The molecule has 1 aliphatic rings. The van der Waals surface area contributed by atoms with E-state index in [0.717, 1.165) is 50.0 Å². The Bertz CT molecular complexity index is 1310. The van der Waals surface area contributed by atoms with Gasteiger partial charge in [0.05, 0.1) is 17.3 Å². The number of ether oxygens (including phenoxy) is 1. The van der Waals surface area contributed by atoms with Gasteiger partial charge in [0.2, 0.25) is 5.91 Å². The van der Waals surface area contributed by atoms with Gasteiger partial charge in [0, 0.05) is 38.3 Å². The zero-order valence-electron chi connectivity index (χ0n) is 23.6. The van der Waals surface area contributed by atoms with Crippen LogP contribution in [0.1, 0.15) is 63.0 Å². The fourth-order valence-corrected chi connectivity index (χ4v) is 6.49. The molecule has 1 aliphatic heterocycles.